The topological polar surface area (TPSA) is 89.0 Å². The molecule has 7 heteroatoms. The molecule has 0 unspecified atom stereocenters. The van der Waals surface area contributed by atoms with Crippen molar-refractivity contribution in [1.29, 1.82) is 0 Å². The van der Waals surface area contributed by atoms with Gasteiger partial charge in [-0.15, -0.1) is 0 Å². The Bertz CT molecular complexity index is 667. The lowest BCUT2D eigenvalue weighted by atomic mass is 9.95. The van der Waals surface area contributed by atoms with Crippen LogP contribution in [0, 0.1) is 0 Å². The zero-order chi connectivity index (χ0) is 18.8. The van der Waals surface area contributed by atoms with Crippen molar-refractivity contribution in [1.82, 2.24) is 10.7 Å². The summed E-state index contributed by atoms with van der Waals surface area (Å²) in [6.07, 6.45) is 8.26. The molecule has 7 nitrogen and oxygen atoms in total. The largest absolute Gasteiger partial charge is 0.493 e. The average Bonchev–Trinajstić information content (AvgIpc) is 2.67. The third kappa shape index (κ3) is 5.91. The number of nitrogens with one attached hydrogen (secondary N) is 2. The number of hydrogen-bond donors (Lipinski definition) is 2. The number of hydrogen-bond acceptors (Lipinski definition) is 5. The second kappa shape index (κ2) is 10.2. The summed E-state index contributed by atoms with van der Waals surface area (Å²) in [5.41, 5.74) is 2.94. The lowest BCUT2D eigenvalue weighted by molar-refractivity contribution is -0.139. The Kier molecular flexibility index (Phi) is 7.67. The molecule has 0 saturated heterocycles. The van der Waals surface area contributed by atoms with Crippen LogP contribution in [0.4, 0.5) is 0 Å². The SMILES string of the molecule is C=CCOc1ccc(/C=N\NC(=O)C(=O)NC2CCCCC2)cc1OC. The van der Waals surface area contributed by atoms with Crippen molar-refractivity contribution < 1.29 is 19.1 Å². The highest BCUT2D eigenvalue weighted by atomic mass is 16.5. The zero-order valence-electron chi connectivity index (χ0n) is 15.0. The van der Waals surface area contributed by atoms with E-state index in [2.05, 4.69) is 22.4 Å². The van der Waals surface area contributed by atoms with Gasteiger partial charge < -0.3 is 14.8 Å². The van der Waals surface area contributed by atoms with Crippen LogP contribution in [0.2, 0.25) is 0 Å². The Hall–Kier alpha value is -2.83. The predicted molar refractivity (Wildman–Crippen MR) is 99.4 cm³/mol. The fraction of sp³-hybridized carbons (Fsp3) is 0.421. The van der Waals surface area contributed by atoms with Gasteiger partial charge in [0, 0.05) is 6.04 Å². The normalized spacial score (nSPS) is 14.7. The van der Waals surface area contributed by atoms with E-state index in [-0.39, 0.29) is 6.04 Å². The molecule has 1 aliphatic carbocycles. The fourth-order valence-corrected chi connectivity index (χ4v) is 2.75. The molecule has 2 amide bonds. The van der Waals surface area contributed by atoms with E-state index in [4.69, 9.17) is 9.47 Å². The van der Waals surface area contributed by atoms with Crippen molar-refractivity contribution in [2.75, 3.05) is 13.7 Å². The maximum absolute atomic E-state index is 11.9. The van der Waals surface area contributed by atoms with Crippen molar-refractivity contribution in [2.24, 2.45) is 5.10 Å². The van der Waals surface area contributed by atoms with Gasteiger partial charge in [-0.3, -0.25) is 9.59 Å². The van der Waals surface area contributed by atoms with Crippen molar-refractivity contribution in [3.05, 3.63) is 36.4 Å². The second-order valence-electron chi connectivity index (χ2n) is 6.02. The molecule has 1 aromatic rings. The summed E-state index contributed by atoms with van der Waals surface area (Å²) in [5, 5.41) is 6.57. The van der Waals surface area contributed by atoms with Gasteiger partial charge in [0.15, 0.2) is 11.5 Å². The Morgan fingerprint density at radius 3 is 2.69 bits per heavy atom. The van der Waals surface area contributed by atoms with E-state index in [0.717, 1.165) is 25.7 Å². The highest BCUT2D eigenvalue weighted by Gasteiger charge is 2.19. The molecule has 0 atom stereocenters. The lowest BCUT2D eigenvalue weighted by Gasteiger charge is -2.22. The standard InChI is InChI=1S/C19H25N3O4/c1-3-11-26-16-10-9-14(12-17(16)25-2)13-20-22-19(24)18(23)21-15-7-5-4-6-8-15/h3,9-10,12-13,15H,1,4-8,11H2,2H3,(H,21,23)(H,22,24)/b20-13-. The summed E-state index contributed by atoms with van der Waals surface area (Å²) < 4.78 is 10.7. The van der Waals surface area contributed by atoms with E-state index < -0.39 is 11.8 Å². The molecular formula is C19H25N3O4. The van der Waals surface area contributed by atoms with E-state index in [1.807, 2.05) is 0 Å². The summed E-state index contributed by atoms with van der Waals surface area (Å²) in [4.78, 5) is 23.7. The summed E-state index contributed by atoms with van der Waals surface area (Å²) >= 11 is 0. The molecule has 0 spiro atoms. The van der Waals surface area contributed by atoms with Crippen LogP contribution in [-0.4, -0.2) is 37.8 Å². The van der Waals surface area contributed by atoms with Crippen LogP contribution in [-0.2, 0) is 9.59 Å². The number of carbonyl (C=O) groups excluding carboxylic acids is 2. The molecule has 26 heavy (non-hydrogen) atoms. The van der Waals surface area contributed by atoms with Gasteiger partial charge in [0.2, 0.25) is 0 Å². The van der Waals surface area contributed by atoms with Crippen LogP contribution in [0.3, 0.4) is 0 Å². The number of carbonyl (C=O) groups is 2. The average molecular weight is 359 g/mol. The number of hydrazone groups is 1. The van der Waals surface area contributed by atoms with Gasteiger partial charge in [-0.05, 0) is 36.6 Å². The van der Waals surface area contributed by atoms with Crippen LogP contribution in [0.5, 0.6) is 11.5 Å². The highest BCUT2D eigenvalue weighted by molar-refractivity contribution is 6.35. The smallest absolute Gasteiger partial charge is 0.329 e. The number of rotatable bonds is 7. The van der Waals surface area contributed by atoms with E-state index in [1.54, 1.807) is 24.3 Å². The van der Waals surface area contributed by atoms with Crippen molar-refractivity contribution in [2.45, 2.75) is 38.1 Å². The van der Waals surface area contributed by atoms with E-state index in [0.29, 0.717) is 23.7 Å². The molecule has 1 aromatic carbocycles. The molecule has 0 radical (unpaired) electrons. The number of ether oxygens (including phenoxy) is 2. The van der Waals surface area contributed by atoms with E-state index in [1.165, 1.54) is 19.7 Å². The van der Waals surface area contributed by atoms with Crippen LogP contribution in [0.15, 0.2) is 36.0 Å². The van der Waals surface area contributed by atoms with Crippen LogP contribution in [0.25, 0.3) is 0 Å². The van der Waals surface area contributed by atoms with E-state index >= 15 is 0 Å². The third-order valence-electron chi connectivity index (χ3n) is 4.07. The van der Waals surface area contributed by atoms with Gasteiger partial charge in [0.05, 0.1) is 13.3 Å². The third-order valence-corrected chi connectivity index (χ3v) is 4.07. The molecule has 1 saturated carbocycles. The minimum absolute atomic E-state index is 0.0818. The predicted octanol–water partition coefficient (Wildman–Crippen LogP) is 2.16. The molecule has 0 aliphatic heterocycles. The van der Waals surface area contributed by atoms with Crippen LogP contribution >= 0.6 is 0 Å². The van der Waals surface area contributed by atoms with Crippen molar-refractivity contribution in [3.63, 3.8) is 0 Å². The van der Waals surface area contributed by atoms with Gasteiger partial charge in [-0.2, -0.15) is 5.10 Å². The van der Waals surface area contributed by atoms with Gasteiger partial charge in [-0.25, -0.2) is 5.43 Å². The number of methoxy groups -OCH3 is 1. The molecule has 1 aliphatic rings. The second-order valence-corrected chi connectivity index (χ2v) is 6.02. The van der Waals surface area contributed by atoms with Gasteiger partial charge in [0.1, 0.15) is 6.61 Å². The zero-order valence-corrected chi connectivity index (χ0v) is 15.0. The molecule has 0 aromatic heterocycles. The monoisotopic (exact) mass is 359 g/mol. The first-order valence-electron chi connectivity index (χ1n) is 8.69. The molecule has 0 heterocycles. The molecule has 2 N–H and O–H groups in total. The fourth-order valence-electron chi connectivity index (χ4n) is 2.75. The lowest BCUT2D eigenvalue weighted by Crippen LogP contribution is -2.44. The number of nitrogens with zero attached hydrogens (tertiary/aromatic N) is 1. The van der Waals surface area contributed by atoms with Gasteiger partial charge in [-0.1, -0.05) is 31.9 Å². The van der Waals surface area contributed by atoms with Crippen LogP contribution in [0.1, 0.15) is 37.7 Å². The maximum Gasteiger partial charge on any atom is 0.329 e. The summed E-state index contributed by atoms with van der Waals surface area (Å²) in [5.74, 6) is -0.304. The molecule has 2 rings (SSSR count). The first kappa shape index (κ1) is 19.5. The van der Waals surface area contributed by atoms with Crippen LogP contribution < -0.4 is 20.2 Å². The van der Waals surface area contributed by atoms with E-state index in [9.17, 15) is 9.59 Å². The summed E-state index contributed by atoms with van der Waals surface area (Å²) in [7, 11) is 1.54. The molecule has 140 valence electrons. The number of benzene rings is 1. The number of amides is 2. The molecule has 0 bridgehead atoms. The van der Waals surface area contributed by atoms with Crippen molar-refractivity contribution in [3.8, 4) is 11.5 Å². The Morgan fingerprint density at radius 2 is 2.00 bits per heavy atom. The summed E-state index contributed by atoms with van der Waals surface area (Å²) in [6, 6.07) is 5.30. The Labute approximate surface area is 153 Å². The first-order valence-corrected chi connectivity index (χ1v) is 8.69. The maximum atomic E-state index is 11.9. The van der Waals surface area contributed by atoms with Gasteiger partial charge >= 0.3 is 11.8 Å². The quantitative estimate of drug-likeness (QED) is 0.338. The minimum atomic E-state index is -0.773. The Balaban J connectivity index is 1.87. The molecular weight excluding hydrogens is 334 g/mol. The molecule has 1 fully saturated rings. The Morgan fingerprint density at radius 1 is 1.23 bits per heavy atom. The van der Waals surface area contributed by atoms with Crippen molar-refractivity contribution >= 4 is 18.0 Å². The first-order chi connectivity index (χ1) is 12.6. The highest BCUT2D eigenvalue weighted by Crippen LogP contribution is 2.27. The minimum Gasteiger partial charge on any atom is -0.493 e. The van der Waals surface area contributed by atoms with Gasteiger partial charge in [0.25, 0.3) is 0 Å². The summed E-state index contributed by atoms with van der Waals surface area (Å²) in [6.45, 7) is 3.97.